The number of nitrogens with zero attached hydrogens (tertiary/aromatic N) is 3. The summed E-state index contributed by atoms with van der Waals surface area (Å²) in [5.74, 6) is 0.0817. The standard InChI is InChI=1S/C19H18Cl4N4O3/c1-2-30-18(28)11-7-15(23)17(24-10-11)26-3-5-27(6-4-26)19(29)25-16-9-13(21)12(20)8-14(16)22/h7-10H,2-6H2,1H3,(H,25,29). The number of aromatic nitrogens is 1. The van der Waals surface area contributed by atoms with Crippen LogP contribution >= 0.6 is 46.4 Å². The Labute approximate surface area is 193 Å². The van der Waals surface area contributed by atoms with Crippen molar-refractivity contribution in [3.63, 3.8) is 0 Å². The molecule has 30 heavy (non-hydrogen) atoms. The van der Waals surface area contributed by atoms with Crippen molar-refractivity contribution in [3.05, 3.63) is 50.0 Å². The summed E-state index contributed by atoms with van der Waals surface area (Å²) in [6.45, 7) is 3.94. The van der Waals surface area contributed by atoms with Crippen molar-refractivity contribution >= 4 is 69.9 Å². The zero-order valence-electron chi connectivity index (χ0n) is 15.9. The lowest BCUT2D eigenvalue weighted by Crippen LogP contribution is -2.50. The van der Waals surface area contributed by atoms with Crippen molar-refractivity contribution in [2.45, 2.75) is 6.92 Å². The number of anilines is 2. The van der Waals surface area contributed by atoms with Crippen LogP contribution in [-0.4, -0.2) is 54.7 Å². The molecule has 0 radical (unpaired) electrons. The van der Waals surface area contributed by atoms with Gasteiger partial charge in [-0.2, -0.15) is 0 Å². The summed E-state index contributed by atoms with van der Waals surface area (Å²) in [7, 11) is 0. The Hall–Kier alpha value is -1.93. The van der Waals surface area contributed by atoms with Gasteiger partial charge in [-0.25, -0.2) is 14.6 Å². The smallest absolute Gasteiger partial charge is 0.339 e. The zero-order valence-corrected chi connectivity index (χ0v) is 18.9. The van der Waals surface area contributed by atoms with Gasteiger partial charge in [-0.05, 0) is 25.1 Å². The van der Waals surface area contributed by atoms with Crippen LogP contribution in [0.2, 0.25) is 20.1 Å². The first-order valence-electron chi connectivity index (χ1n) is 9.08. The number of hydrogen-bond donors (Lipinski definition) is 1. The summed E-state index contributed by atoms with van der Waals surface area (Å²) in [4.78, 5) is 32.3. The third-order valence-corrected chi connectivity index (χ3v) is 5.76. The second-order valence-corrected chi connectivity index (χ2v) is 8.03. The third kappa shape index (κ3) is 5.21. The predicted molar refractivity (Wildman–Crippen MR) is 119 cm³/mol. The van der Waals surface area contributed by atoms with Gasteiger partial charge < -0.3 is 19.9 Å². The number of hydrogen-bond acceptors (Lipinski definition) is 5. The van der Waals surface area contributed by atoms with Gasteiger partial charge in [0, 0.05) is 32.4 Å². The minimum atomic E-state index is -0.471. The van der Waals surface area contributed by atoms with Crippen LogP contribution in [0.5, 0.6) is 0 Å². The lowest BCUT2D eigenvalue weighted by atomic mass is 10.2. The zero-order chi connectivity index (χ0) is 21.8. The number of halogens is 4. The van der Waals surface area contributed by atoms with Gasteiger partial charge in [0.25, 0.3) is 0 Å². The highest BCUT2D eigenvalue weighted by Gasteiger charge is 2.24. The summed E-state index contributed by atoms with van der Waals surface area (Å²) in [6.07, 6.45) is 1.44. The van der Waals surface area contributed by atoms with Crippen LogP contribution in [0, 0.1) is 0 Å². The van der Waals surface area contributed by atoms with Crippen LogP contribution in [0.1, 0.15) is 17.3 Å². The van der Waals surface area contributed by atoms with Gasteiger partial charge in [-0.1, -0.05) is 46.4 Å². The summed E-state index contributed by atoms with van der Waals surface area (Å²) in [6, 6.07) is 4.22. The number of ether oxygens (including phenoxy) is 1. The average molecular weight is 492 g/mol. The second-order valence-electron chi connectivity index (χ2n) is 6.40. The SMILES string of the molecule is CCOC(=O)c1cnc(N2CCN(C(=O)Nc3cc(Cl)c(Cl)cc3Cl)CC2)c(Cl)c1. The fourth-order valence-electron chi connectivity index (χ4n) is 2.92. The van der Waals surface area contributed by atoms with Crippen molar-refractivity contribution in [2.24, 2.45) is 0 Å². The predicted octanol–water partition coefficient (Wildman–Crippen LogP) is 5.23. The topological polar surface area (TPSA) is 74.8 Å². The Kier molecular flexibility index (Phi) is 7.52. The molecule has 1 aromatic heterocycles. The molecule has 0 atom stereocenters. The molecule has 1 N–H and O–H groups in total. The number of urea groups is 1. The van der Waals surface area contributed by atoms with Crippen molar-refractivity contribution in [1.82, 2.24) is 9.88 Å². The van der Waals surface area contributed by atoms with E-state index in [1.807, 2.05) is 4.90 Å². The summed E-state index contributed by atoms with van der Waals surface area (Å²) >= 11 is 24.3. The summed E-state index contributed by atoms with van der Waals surface area (Å²) in [5.41, 5.74) is 0.680. The lowest BCUT2D eigenvalue weighted by Gasteiger charge is -2.35. The Morgan fingerprint density at radius 1 is 1.00 bits per heavy atom. The molecule has 1 aliphatic heterocycles. The Bertz CT molecular complexity index is 965. The van der Waals surface area contributed by atoms with Gasteiger partial charge in [0.05, 0.1) is 37.9 Å². The number of nitrogens with one attached hydrogen (secondary N) is 1. The molecule has 0 saturated carbocycles. The number of rotatable bonds is 4. The Morgan fingerprint density at radius 2 is 1.67 bits per heavy atom. The number of pyridine rings is 1. The average Bonchev–Trinajstić information content (AvgIpc) is 2.72. The first kappa shape index (κ1) is 22.7. The van der Waals surface area contributed by atoms with Gasteiger partial charge in [0.15, 0.2) is 0 Å². The number of carbonyl (C=O) groups is 2. The van der Waals surface area contributed by atoms with Crippen LogP contribution in [0.4, 0.5) is 16.3 Å². The van der Waals surface area contributed by atoms with Gasteiger partial charge in [0.2, 0.25) is 0 Å². The molecule has 11 heteroatoms. The van der Waals surface area contributed by atoms with Crippen molar-refractivity contribution in [1.29, 1.82) is 0 Å². The molecule has 7 nitrogen and oxygen atoms in total. The van der Waals surface area contributed by atoms with Gasteiger partial charge in [-0.3, -0.25) is 0 Å². The number of benzene rings is 1. The first-order valence-corrected chi connectivity index (χ1v) is 10.6. The molecular formula is C19H18Cl4N4O3. The molecule has 3 rings (SSSR count). The highest BCUT2D eigenvalue weighted by molar-refractivity contribution is 6.44. The molecule has 0 aliphatic carbocycles. The largest absolute Gasteiger partial charge is 0.462 e. The van der Waals surface area contributed by atoms with Crippen LogP contribution < -0.4 is 10.2 Å². The fraction of sp³-hybridized carbons (Fsp3) is 0.316. The van der Waals surface area contributed by atoms with Crippen LogP contribution in [0.3, 0.4) is 0 Å². The van der Waals surface area contributed by atoms with E-state index in [9.17, 15) is 9.59 Å². The molecule has 2 aromatic rings. The van der Waals surface area contributed by atoms with E-state index in [4.69, 9.17) is 51.1 Å². The van der Waals surface area contributed by atoms with E-state index in [0.29, 0.717) is 63.3 Å². The Balaban J connectivity index is 1.61. The van der Waals surface area contributed by atoms with E-state index in [0.717, 1.165) is 0 Å². The number of amides is 2. The molecule has 2 amide bonds. The fourth-order valence-corrected chi connectivity index (χ4v) is 3.80. The molecule has 1 fully saturated rings. The van der Waals surface area contributed by atoms with Crippen molar-refractivity contribution in [3.8, 4) is 0 Å². The van der Waals surface area contributed by atoms with Crippen molar-refractivity contribution < 1.29 is 14.3 Å². The quantitative estimate of drug-likeness (QED) is 0.468. The third-order valence-electron chi connectivity index (χ3n) is 4.45. The Morgan fingerprint density at radius 3 is 2.30 bits per heavy atom. The van der Waals surface area contributed by atoms with Gasteiger partial charge >= 0.3 is 12.0 Å². The summed E-state index contributed by atoms with van der Waals surface area (Å²) < 4.78 is 4.95. The number of piperazine rings is 1. The second kappa shape index (κ2) is 9.92. The normalized spacial score (nSPS) is 13.9. The van der Waals surface area contributed by atoms with Gasteiger partial charge in [-0.15, -0.1) is 0 Å². The highest BCUT2D eigenvalue weighted by atomic mass is 35.5. The molecule has 0 unspecified atom stereocenters. The number of carbonyl (C=O) groups excluding carboxylic acids is 2. The summed E-state index contributed by atoms with van der Waals surface area (Å²) in [5, 5.41) is 4.01. The molecule has 0 bridgehead atoms. The van der Waals surface area contributed by atoms with E-state index < -0.39 is 5.97 Å². The van der Waals surface area contributed by atoms with E-state index in [1.165, 1.54) is 24.4 Å². The van der Waals surface area contributed by atoms with Crippen LogP contribution in [-0.2, 0) is 4.74 Å². The monoisotopic (exact) mass is 490 g/mol. The van der Waals surface area contributed by atoms with Crippen molar-refractivity contribution in [2.75, 3.05) is 43.0 Å². The molecule has 1 saturated heterocycles. The van der Waals surface area contributed by atoms with E-state index in [1.54, 1.807) is 11.8 Å². The number of esters is 1. The molecule has 1 aliphatic rings. The van der Waals surface area contributed by atoms with Crippen LogP contribution in [0.25, 0.3) is 0 Å². The molecule has 2 heterocycles. The lowest BCUT2D eigenvalue weighted by molar-refractivity contribution is 0.0526. The highest BCUT2D eigenvalue weighted by Crippen LogP contribution is 2.32. The molecule has 1 aromatic carbocycles. The maximum Gasteiger partial charge on any atom is 0.339 e. The molecular weight excluding hydrogens is 474 g/mol. The molecule has 0 spiro atoms. The molecule has 160 valence electrons. The first-order chi connectivity index (χ1) is 14.3. The van der Waals surface area contributed by atoms with E-state index >= 15 is 0 Å². The van der Waals surface area contributed by atoms with Gasteiger partial charge in [0.1, 0.15) is 5.82 Å². The minimum absolute atomic E-state index is 0.273. The maximum absolute atomic E-state index is 12.6. The maximum atomic E-state index is 12.6. The van der Waals surface area contributed by atoms with E-state index in [2.05, 4.69) is 10.3 Å². The van der Waals surface area contributed by atoms with Crippen LogP contribution in [0.15, 0.2) is 24.4 Å². The minimum Gasteiger partial charge on any atom is -0.462 e. The van der Waals surface area contributed by atoms with E-state index in [-0.39, 0.29) is 12.6 Å².